The van der Waals surface area contributed by atoms with Crippen LogP contribution in [0.1, 0.15) is 22.6 Å². The van der Waals surface area contributed by atoms with E-state index in [2.05, 4.69) is 27.3 Å². The summed E-state index contributed by atoms with van der Waals surface area (Å²) in [7, 11) is -0.114. The quantitative estimate of drug-likeness (QED) is 0.481. The normalized spacial score (nSPS) is 18.0. The molecule has 9 heteroatoms. The van der Waals surface area contributed by atoms with E-state index in [1.165, 1.54) is 22.6 Å². The molecule has 0 fully saturated rings. The van der Waals surface area contributed by atoms with Crippen molar-refractivity contribution in [3.8, 4) is 5.75 Å². The first-order valence-corrected chi connectivity index (χ1v) is 12.0. The molecular weight excluding hydrogens is 431 g/mol. The number of benzene rings is 2. The van der Waals surface area contributed by atoms with Gasteiger partial charge in [0.2, 0.25) is 10.0 Å². The summed E-state index contributed by atoms with van der Waals surface area (Å²) >= 11 is 0. The summed E-state index contributed by atoms with van der Waals surface area (Å²) in [4.78, 5) is 0.0746. The molecule has 0 radical (unpaired) electrons. The number of hydrogen-bond donors (Lipinski definition) is 2. The maximum Gasteiger partial charge on any atom is 0.243 e. The molecule has 0 spiro atoms. The fraction of sp³-hybridized carbons (Fsp3) is 0.348. The highest BCUT2D eigenvalue weighted by Crippen LogP contribution is 2.39. The molecule has 32 heavy (non-hydrogen) atoms. The highest BCUT2D eigenvalue weighted by molar-refractivity contribution is 7.89. The zero-order valence-corrected chi connectivity index (χ0v) is 18.9. The summed E-state index contributed by atoms with van der Waals surface area (Å²) in [5.41, 5.74) is 3.27. The van der Waals surface area contributed by atoms with Crippen molar-refractivity contribution in [1.82, 2.24) is 19.8 Å². The molecule has 2 atom stereocenters. The molecule has 3 aromatic rings. The van der Waals surface area contributed by atoms with E-state index >= 15 is 0 Å². The van der Waals surface area contributed by atoms with E-state index in [-0.39, 0.29) is 35.8 Å². The molecule has 0 aliphatic heterocycles. The number of rotatable bonds is 9. The molecule has 2 aromatic carbocycles. The van der Waals surface area contributed by atoms with Crippen LogP contribution in [0.25, 0.3) is 0 Å². The first kappa shape index (κ1) is 22.4. The second kappa shape index (κ2) is 9.40. The molecule has 1 heterocycles. The summed E-state index contributed by atoms with van der Waals surface area (Å²) in [5, 5.41) is 7.22. The molecule has 170 valence electrons. The van der Waals surface area contributed by atoms with Crippen molar-refractivity contribution in [3.63, 3.8) is 0 Å². The fourth-order valence-electron chi connectivity index (χ4n) is 4.22. The van der Waals surface area contributed by atoms with Gasteiger partial charge < -0.3 is 10.1 Å². The van der Waals surface area contributed by atoms with Gasteiger partial charge in [-0.2, -0.15) is 5.10 Å². The van der Waals surface area contributed by atoms with E-state index < -0.39 is 15.8 Å². The summed E-state index contributed by atoms with van der Waals surface area (Å²) in [6, 6.07) is 13.7. The average molecular weight is 459 g/mol. The monoisotopic (exact) mass is 458 g/mol. The minimum Gasteiger partial charge on any atom is -0.489 e. The average Bonchev–Trinajstić information content (AvgIpc) is 3.36. The Labute approximate surface area is 187 Å². The molecule has 0 amide bonds. The van der Waals surface area contributed by atoms with E-state index in [0.29, 0.717) is 0 Å². The summed E-state index contributed by atoms with van der Waals surface area (Å²) < 4.78 is 48.7. The second-order valence-electron chi connectivity index (χ2n) is 7.97. The van der Waals surface area contributed by atoms with Crippen LogP contribution in [0.4, 0.5) is 4.39 Å². The number of aryl methyl sites for hydroxylation is 1. The minimum atomic E-state index is -3.68. The van der Waals surface area contributed by atoms with Crippen LogP contribution >= 0.6 is 0 Å². The number of nitrogens with one attached hydrogen (secondary N) is 2. The molecule has 1 aliphatic rings. The lowest BCUT2D eigenvalue weighted by molar-refractivity contribution is 0.306. The van der Waals surface area contributed by atoms with Gasteiger partial charge in [0.1, 0.15) is 11.5 Å². The van der Waals surface area contributed by atoms with Crippen LogP contribution in [0.3, 0.4) is 0 Å². The molecule has 0 saturated carbocycles. The maximum atomic E-state index is 14.7. The lowest BCUT2D eigenvalue weighted by Gasteiger charge is -2.20. The molecule has 0 saturated heterocycles. The first-order chi connectivity index (χ1) is 15.4. The van der Waals surface area contributed by atoms with Crippen LogP contribution in [0.5, 0.6) is 5.75 Å². The molecule has 0 bridgehead atoms. The Kier molecular flexibility index (Phi) is 6.59. The van der Waals surface area contributed by atoms with E-state index in [1.54, 1.807) is 19.2 Å². The van der Waals surface area contributed by atoms with E-state index in [9.17, 15) is 12.8 Å². The number of sulfonamides is 1. The predicted octanol–water partition coefficient (Wildman–Crippen LogP) is 2.39. The summed E-state index contributed by atoms with van der Waals surface area (Å²) in [6.45, 7) is 0.0222. The number of ether oxygens (including phenoxy) is 1. The van der Waals surface area contributed by atoms with Crippen molar-refractivity contribution in [2.75, 3.05) is 20.2 Å². The van der Waals surface area contributed by atoms with E-state index in [0.717, 1.165) is 24.0 Å². The van der Waals surface area contributed by atoms with Crippen molar-refractivity contribution in [1.29, 1.82) is 0 Å². The first-order valence-electron chi connectivity index (χ1n) is 10.5. The number of aromatic nitrogens is 2. The van der Waals surface area contributed by atoms with Gasteiger partial charge in [0.25, 0.3) is 0 Å². The van der Waals surface area contributed by atoms with Crippen molar-refractivity contribution in [2.45, 2.75) is 29.7 Å². The summed E-state index contributed by atoms with van der Waals surface area (Å²) in [5.74, 6) is -0.0994. The molecule has 2 N–H and O–H groups in total. The third-order valence-electron chi connectivity index (χ3n) is 5.83. The molecule has 2 unspecified atom stereocenters. The standard InChI is InChI=1S/C23H27FN4O3S/c1-25-22-12-17-11-21(24)23(13-19(17)20(22)10-16-6-4-3-5-7-16)31-9-8-27-32(29,30)18-14-26-28(2)15-18/h3-7,11,13-15,20,22,25,27H,8-10,12H2,1-2H3. The molecule has 1 aliphatic carbocycles. The van der Waals surface area contributed by atoms with E-state index in [4.69, 9.17) is 4.74 Å². The molecule has 7 nitrogen and oxygen atoms in total. The number of nitrogens with zero attached hydrogens (tertiary/aromatic N) is 2. The van der Waals surface area contributed by atoms with Gasteiger partial charge in [-0.3, -0.25) is 4.68 Å². The largest absolute Gasteiger partial charge is 0.489 e. The third kappa shape index (κ3) is 4.85. The highest BCUT2D eigenvalue weighted by Gasteiger charge is 2.33. The Morgan fingerprint density at radius 1 is 1.25 bits per heavy atom. The number of halogens is 1. The Bertz CT molecular complexity index is 1180. The van der Waals surface area contributed by atoms with Gasteiger partial charge in [-0.1, -0.05) is 30.3 Å². The Morgan fingerprint density at radius 2 is 2.03 bits per heavy atom. The van der Waals surface area contributed by atoms with Gasteiger partial charge in [-0.05, 0) is 48.7 Å². The maximum absolute atomic E-state index is 14.7. The van der Waals surface area contributed by atoms with Gasteiger partial charge in [-0.15, -0.1) is 0 Å². The molecular formula is C23H27FN4O3S. The van der Waals surface area contributed by atoms with Crippen molar-refractivity contribution >= 4 is 10.0 Å². The smallest absolute Gasteiger partial charge is 0.243 e. The van der Waals surface area contributed by atoms with Crippen LogP contribution in [-0.4, -0.2) is 44.4 Å². The fourth-order valence-corrected chi connectivity index (χ4v) is 5.22. The SMILES string of the molecule is CNC1Cc2cc(F)c(OCCNS(=O)(=O)c3cnn(C)c3)cc2C1Cc1ccccc1. The predicted molar refractivity (Wildman–Crippen MR) is 120 cm³/mol. The van der Waals surface area contributed by atoms with Crippen molar-refractivity contribution < 1.29 is 17.5 Å². The molecule has 4 rings (SSSR count). The third-order valence-corrected chi connectivity index (χ3v) is 7.25. The topological polar surface area (TPSA) is 85.2 Å². The van der Waals surface area contributed by atoms with Crippen LogP contribution in [0.15, 0.2) is 59.8 Å². The number of hydrogen-bond acceptors (Lipinski definition) is 5. The zero-order valence-electron chi connectivity index (χ0n) is 18.1. The van der Waals surface area contributed by atoms with Crippen LogP contribution in [0, 0.1) is 5.82 Å². The zero-order chi connectivity index (χ0) is 22.7. The van der Waals surface area contributed by atoms with Gasteiger partial charge in [0.05, 0.1) is 6.20 Å². The highest BCUT2D eigenvalue weighted by atomic mass is 32.2. The van der Waals surface area contributed by atoms with Crippen LogP contribution in [0.2, 0.25) is 0 Å². The van der Waals surface area contributed by atoms with Gasteiger partial charge in [-0.25, -0.2) is 17.5 Å². The van der Waals surface area contributed by atoms with E-state index in [1.807, 2.05) is 25.2 Å². The molecule has 1 aromatic heterocycles. The van der Waals surface area contributed by atoms with Crippen LogP contribution in [-0.2, 0) is 29.9 Å². The van der Waals surface area contributed by atoms with Gasteiger partial charge >= 0.3 is 0 Å². The minimum absolute atomic E-state index is 0.00794. The lowest BCUT2D eigenvalue weighted by Crippen LogP contribution is -2.30. The Balaban J connectivity index is 1.44. The van der Waals surface area contributed by atoms with Crippen LogP contribution < -0.4 is 14.8 Å². The lowest BCUT2D eigenvalue weighted by atomic mass is 9.91. The Hall–Kier alpha value is -2.75. The van der Waals surface area contributed by atoms with Gasteiger partial charge in [0, 0.05) is 31.7 Å². The van der Waals surface area contributed by atoms with Crippen molar-refractivity contribution in [2.24, 2.45) is 7.05 Å². The second-order valence-corrected chi connectivity index (χ2v) is 9.74. The number of likely N-dealkylation sites (N-methyl/N-ethyl adjacent to an activating group) is 1. The van der Waals surface area contributed by atoms with Crippen molar-refractivity contribution in [3.05, 3.63) is 77.4 Å². The Morgan fingerprint density at radius 3 is 2.72 bits per heavy atom. The number of fused-ring (bicyclic) bond motifs is 1. The summed E-state index contributed by atoms with van der Waals surface area (Å²) in [6.07, 6.45) is 4.28. The van der Waals surface area contributed by atoms with Gasteiger partial charge in [0.15, 0.2) is 11.6 Å².